The molecular formula is C36H23NO2. The Labute approximate surface area is 225 Å². The summed E-state index contributed by atoms with van der Waals surface area (Å²) in [5, 5.41) is 4.35. The van der Waals surface area contributed by atoms with Crippen LogP contribution in [0.1, 0.15) is 0 Å². The second-order valence-corrected chi connectivity index (χ2v) is 9.72. The van der Waals surface area contributed by atoms with Crippen LogP contribution in [0.25, 0.3) is 55.0 Å². The quantitative estimate of drug-likeness (QED) is 0.240. The fraction of sp³-hybridized carbons (Fsp3) is 0. The van der Waals surface area contributed by atoms with Gasteiger partial charge in [0.2, 0.25) is 0 Å². The van der Waals surface area contributed by atoms with E-state index in [4.69, 9.17) is 8.83 Å². The summed E-state index contributed by atoms with van der Waals surface area (Å²) in [6.07, 6.45) is 0. The van der Waals surface area contributed by atoms with Crippen molar-refractivity contribution in [1.29, 1.82) is 0 Å². The number of nitrogens with zero attached hydrogens (tertiary/aromatic N) is 1. The van der Waals surface area contributed by atoms with Gasteiger partial charge in [-0.25, -0.2) is 0 Å². The van der Waals surface area contributed by atoms with E-state index in [9.17, 15) is 0 Å². The lowest BCUT2D eigenvalue weighted by atomic mass is 9.98. The minimum absolute atomic E-state index is 0.853. The highest BCUT2D eigenvalue weighted by molar-refractivity contribution is 6.18. The SMILES string of the molecule is c1ccc(-c2ccc3c(oc4ccccc43)c2N(c2ccccc2)c2cccc3oc4ccccc4c23)cc1. The Morgan fingerprint density at radius 3 is 1.87 bits per heavy atom. The predicted octanol–water partition coefficient (Wildman–Crippen LogP) is 10.6. The Kier molecular flexibility index (Phi) is 4.82. The smallest absolute Gasteiger partial charge is 0.160 e. The maximum atomic E-state index is 6.69. The van der Waals surface area contributed by atoms with Gasteiger partial charge in [-0.2, -0.15) is 0 Å². The standard InChI is InChI=1S/C36H23NO2/c1-3-12-24(13-4-1)26-22-23-28-27-16-7-9-19-31(27)39-36(28)35(26)37(25-14-5-2-6-15-25)30-18-11-21-33-34(30)29-17-8-10-20-32(29)38-33/h1-23H. The molecule has 8 aromatic rings. The molecule has 0 atom stereocenters. The van der Waals surface area contributed by atoms with Gasteiger partial charge in [0.15, 0.2) is 5.58 Å². The van der Waals surface area contributed by atoms with Crippen LogP contribution in [0.5, 0.6) is 0 Å². The monoisotopic (exact) mass is 501 g/mol. The molecule has 0 radical (unpaired) electrons. The molecule has 2 heterocycles. The highest BCUT2D eigenvalue weighted by Crippen LogP contribution is 2.49. The molecule has 0 saturated heterocycles. The Balaban J connectivity index is 1.55. The van der Waals surface area contributed by atoms with Gasteiger partial charge in [-0.3, -0.25) is 0 Å². The number of furan rings is 2. The van der Waals surface area contributed by atoms with Crippen molar-refractivity contribution < 1.29 is 8.83 Å². The number of anilines is 3. The molecule has 0 unspecified atom stereocenters. The highest BCUT2D eigenvalue weighted by atomic mass is 16.3. The van der Waals surface area contributed by atoms with Gasteiger partial charge in [0.05, 0.1) is 16.8 Å². The molecule has 0 aliphatic heterocycles. The molecular weight excluding hydrogens is 478 g/mol. The number of para-hydroxylation sites is 3. The fourth-order valence-electron chi connectivity index (χ4n) is 5.76. The average Bonchev–Trinajstić information content (AvgIpc) is 3.57. The Morgan fingerprint density at radius 2 is 1.08 bits per heavy atom. The molecule has 2 aromatic heterocycles. The van der Waals surface area contributed by atoms with Crippen molar-refractivity contribution >= 4 is 60.9 Å². The maximum absolute atomic E-state index is 6.69. The minimum atomic E-state index is 0.853. The lowest BCUT2D eigenvalue weighted by Crippen LogP contribution is -2.12. The molecule has 0 aliphatic rings. The van der Waals surface area contributed by atoms with Crippen molar-refractivity contribution in [3.63, 3.8) is 0 Å². The summed E-state index contributed by atoms with van der Waals surface area (Å²) in [5.74, 6) is 0. The number of benzene rings is 6. The van der Waals surface area contributed by atoms with E-state index in [0.29, 0.717) is 0 Å². The van der Waals surface area contributed by atoms with Crippen LogP contribution < -0.4 is 4.90 Å². The van der Waals surface area contributed by atoms with Crippen molar-refractivity contribution in [1.82, 2.24) is 0 Å². The summed E-state index contributed by atoms with van der Waals surface area (Å²) in [6.45, 7) is 0. The summed E-state index contributed by atoms with van der Waals surface area (Å²) in [5.41, 5.74) is 8.75. The van der Waals surface area contributed by atoms with Crippen LogP contribution in [0.2, 0.25) is 0 Å². The lowest BCUT2D eigenvalue weighted by Gasteiger charge is -2.28. The molecule has 6 aromatic carbocycles. The predicted molar refractivity (Wildman–Crippen MR) is 161 cm³/mol. The summed E-state index contributed by atoms with van der Waals surface area (Å²) < 4.78 is 13.0. The molecule has 0 bridgehead atoms. The van der Waals surface area contributed by atoms with Crippen LogP contribution in [0.15, 0.2) is 148 Å². The average molecular weight is 502 g/mol. The van der Waals surface area contributed by atoms with Gasteiger partial charge in [-0.1, -0.05) is 97.1 Å². The van der Waals surface area contributed by atoms with Gasteiger partial charge in [-0.15, -0.1) is 0 Å². The molecule has 0 fully saturated rings. The van der Waals surface area contributed by atoms with E-state index >= 15 is 0 Å². The number of hydrogen-bond acceptors (Lipinski definition) is 3. The molecule has 0 saturated carbocycles. The summed E-state index contributed by atoms with van der Waals surface area (Å²) in [7, 11) is 0. The van der Waals surface area contributed by atoms with Crippen LogP contribution in [-0.4, -0.2) is 0 Å². The van der Waals surface area contributed by atoms with Gasteiger partial charge in [0.1, 0.15) is 16.7 Å². The number of fused-ring (bicyclic) bond motifs is 6. The van der Waals surface area contributed by atoms with E-state index in [1.807, 2.05) is 30.3 Å². The Morgan fingerprint density at radius 1 is 0.436 bits per heavy atom. The van der Waals surface area contributed by atoms with Crippen LogP contribution in [0.3, 0.4) is 0 Å². The van der Waals surface area contributed by atoms with E-state index < -0.39 is 0 Å². The van der Waals surface area contributed by atoms with Crippen molar-refractivity contribution in [2.75, 3.05) is 4.90 Å². The van der Waals surface area contributed by atoms with Gasteiger partial charge >= 0.3 is 0 Å². The summed E-state index contributed by atoms with van der Waals surface area (Å²) in [4.78, 5) is 2.33. The first kappa shape index (κ1) is 21.8. The lowest BCUT2D eigenvalue weighted by molar-refractivity contribution is 0.668. The van der Waals surface area contributed by atoms with Crippen LogP contribution >= 0.6 is 0 Å². The van der Waals surface area contributed by atoms with Crippen molar-refractivity contribution in [2.45, 2.75) is 0 Å². The second-order valence-electron chi connectivity index (χ2n) is 9.72. The maximum Gasteiger partial charge on any atom is 0.160 e. The third-order valence-electron chi connectivity index (χ3n) is 7.46. The molecule has 0 N–H and O–H groups in total. The first-order valence-corrected chi connectivity index (χ1v) is 13.1. The van der Waals surface area contributed by atoms with Crippen molar-refractivity contribution in [2.24, 2.45) is 0 Å². The zero-order valence-corrected chi connectivity index (χ0v) is 21.0. The van der Waals surface area contributed by atoms with Gasteiger partial charge < -0.3 is 13.7 Å². The third-order valence-corrected chi connectivity index (χ3v) is 7.46. The molecule has 184 valence electrons. The van der Waals surface area contributed by atoms with Crippen LogP contribution in [0, 0.1) is 0 Å². The Bertz CT molecular complexity index is 2120. The number of hydrogen-bond donors (Lipinski definition) is 0. The topological polar surface area (TPSA) is 29.5 Å². The van der Waals surface area contributed by atoms with Gasteiger partial charge in [0.25, 0.3) is 0 Å². The van der Waals surface area contributed by atoms with Crippen molar-refractivity contribution in [3.8, 4) is 11.1 Å². The summed E-state index contributed by atoms with van der Waals surface area (Å²) >= 11 is 0. The van der Waals surface area contributed by atoms with Gasteiger partial charge in [0, 0.05) is 27.4 Å². The normalized spacial score (nSPS) is 11.6. The number of rotatable bonds is 4. The molecule has 8 rings (SSSR count). The van der Waals surface area contributed by atoms with Crippen molar-refractivity contribution in [3.05, 3.63) is 140 Å². The van der Waals surface area contributed by atoms with Gasteiger partial charge in [-0.05, 0) is 48.0 Å². The first-order chi connectivity index (χ1) is 19.4. The fourth-order valence-corrected chi connectivity index (χ4v) is 5.76. The molecule has 39 heavy (non-hydrogen) atoms. The minimum Gasteiger partial charge on any atom is -0.456 e. The zero-order valence-electron chi connectivity index (χ0n) is 21.0. The highest BCUT2D eigenvalue weighted by Gasteiger charge is 2.26. The Hall–Kier alpha value is -5.28. The molecule has 0 spiro atoms. The van der Waals surface area contributed by atoms with E-state index in [1.54, 1.807) is 0 Å². The molecule has 0 amide bonds. The largest absolute Gasteiger partial charge is 0.456 e. The summed E-state index contributed by atoms with van der Waals surface area (Å²) in [6, 6.07) is 48.2. The first-order valence-electron chi connectivity index (χ1n) is 13.1. The molecule has 3 heteroatoms. The van der Waals surface area contributed by atoms with Crippen LogP contribution in [-0.2, 0) is 0 Å². The zero-order chi connectivity index (χ0) is 25.8. The second kappa shape index (κ2) is 8.64. The van der Waals surface area contributed by atoms with E-state index in [2.05, 4.69) is 114 Å². The van der Waals surface area contributed by atoms with Crippen LogP contribution in [0.4, 0.5) is 17.1 Å². The molecule has 3 nitrogen and oxygen atoms in total. The van der Waals surface area contributed by atoms with E-state index in [0.717, 1.165) is 72.1 Å². The van der Waals surface area contributed by atoms with E-state index in [1.165, 1.54) is 0 Å². The molecule has 0 aliphatic carbocycles. The van der Waals surface area contributed by atoms with E-state index in [-0.39, 0.29) is 0 Å². The third kappa shape index (κ3) is 3.37.